The standard InChI is InChI=1S/C25H32F3N3S.C6H14O2/c1-19(2)10-13-30-16-14-29(15-17-30)11-5-12-31-21-6-3-4-7-23(21)32-24-9-8-20(18-22(24)31)25(26,27)28;1-6(2,8-3)4-5-7/h3-4,6-9,18-19H,5,10-17H2,1-2H3;7H,4-5H2,1-3H3. The molecular formula is C31H46F3N3O2S. The van der Waals surface area contributed by atoms with E-state index in [9.17, 15) is 13.2 Å². The Balaban J connectivity index is 0.000000482. The van der Waals surface area contributed by atoms with Gasteiger partial charge in [0.2, 0.25) is 0 Å². The van der Waals surface area contributed by atoms with Gasteiger partial charge in [0.25, 0.3) is 0 Å². The summed E-state index contributed by atoms with van der Waals surface area (Å²) in [6, 6.07) is 12.1. The zero-order chi connectivity index (χ0) is 29.3. The molecule has 0 saturated carbocycles. The number of aliphatic hydroxyl groups is 1. The molecule has 2 aromatic rings. The molecule has 0 amide bonds. The summed E-state index contributed by atoms with van der Waals surface area (Å²) >= 11 is 1.55. The zero-order valence-corrected chi connectivity index (χ0v) is 25.5. The van der Waals surface area contributed by atoms with Gasteiger partial charge < -0.3 is 24.5 Å². The van der Waals surface area contributed by atoms with Gasteiger partial charge in [0.15, 0.2) is 0 Å². The number of alkyl halides is 3. The Labute approximate surface area is 242 Å². The van der Waals surface area contributed by atoms with Gasteiger partial charge in [-0.25, -0.2) is 0 Å². The van der Waals surface area contributed by atoms with Gasteiger partial charge in [0, 0.05) is 56.2 Å². The van der Waals surface area contributed by atoms with Crippen LogP contribution in [0.3, 0.4) is 0 Å². The van der Waals surface area contributed by atoms with Crippen LogP contribution in [0.2, 0.25) is 0 Å². The summed E-state index contributed by atoms with van der Waals surface area (Å²) in [5.74, 6) is 0.736. The molecular weight excluding hydrogens is 535 g/mol. The first-order chi connectivity index (χ1) is 18.9. The van der Waals surface area contributed by atoms with Gasteiger partial charge in [-0.05, 0) is 82.4 Å². The molecule has 2 aliphatic rings. The maximum atomic E-state index is 13.4. The molecule has 224 valence electrons. The van der Waals surface area contributed by atoms with Crippen LogP contribution in [0.1, 0.15) is 52.5 Å². The van der Waals surface area contributed by atoms with E-state index in [1.807, 2.05) is 38.1 Å². The SMILES string of the molecule is CC(C)CCN1CCN(CCCN2c3ccccc3Sc3ccc(C(F)(F)F)cc32)CC1.COC(C)(C)CCO. The Bertz CT molecular complexity index is 1060. The molecule has 0 aliphatic carbocycles. The van der Waals surface area contributed by atoms with E-state index in [0.29, 0.717) is 18.7 Å². The molecule has 0 bridgehead atoms. The average molecular weight is 582 g/mol. The smallest absolute Gasteiger partial charge is 0.396 e. The second-order valence-corrected chi connectivity index (χ2v) is 12.6. The van der Waals surface area contributed by atoms with E-state index in [4.69, 9.17) is 9.84 Å². The Morgan fingerprint density at radius 2 is 1.52 bits per heavy atom. The van der Waals surface area contributed by atoms with E-state index in [1.165, 1.54) is 25.1 Å². The van der Waals surface area contributed by atoms with Crippen molar-refractivity contribution in [2.45, 2.75) is 68.5 Å². The normalized spacial score (nSPS) is 16.4. The van der Waals surface area contributed by atoms with Crippen molar-refractivity contribution in [2.24, 2.45) is 5.92 Å². The molecule has 0 radical (unpaired) electrons. The van der Waals surface area contributed by atoms with Crippen LogP contribution >= 0.6 is 11.8 Å². The van der Waals surface area contributed by atoms with Crippen molar-refractivity contribution in [2.75, 3.05) is 64.4 Å². The topological polar surface area (TPSA) is 39.2 Å². The van der Waals surface area contributed by atoms with Gasteiger partial charge in [-0.2, -0.15) is 13.2 Å². The molecule has 0 atom stereocenters. The summed E-state index contributed by atoms with van der Waals surface area (Å²) < 4.78 is 45.1. The zero-order valence-electron chi connectivity index (χ0n) is 24.6. The summed E-state index contributed by atoms with van der Waals surface area (Å²) in [6.07, 6.45) is -1.48. The lowest BCUT2D eigenvalue weighted by Gasteiger charge is -2.36. The van der Waals surface area contributed by atoms with Crippen molar-refractivity contribution in [1.29, 1.82) is 0 Å². The molecule has 2 aliphatic heterocycles. The van der Waals surface area contributed by atoms with Crippen molar-refractivity contribution in [1.82, 2.24) is 9.80 Å². The molecule has 1 N–H and O–H groups in total. The van der Waals surface area contributed by atoms with Crippen LogP contribution in [0, 0.1) is 5.92 Å². The number of aliphatic hydroxyl groups excluding tert-OH is 1. The van der Waals surface area contributed by atoms with Crippen LogP contribution < -0.4 is 4.90 Å². The Kier molecular flexibility index (Phi) is 12.2. The third-order valence-electron chi connectivity index (χ3n) is 7.56. The number of hydrogen-bond donors (Lipinski definition) is 1. The molecule has 40 heavy (non-hydrogen) atoms. The average Bonchev–Trinajstić information content (AvgIpc) is 2.91. The third kappa shape index (κ3) is 9.65. The van der Waals surface area contributed by atoms with Crippen molar-refractivity contribution in [3.63, 3.8) is 0 Å². The molecule has 1 fully saturated rings. The number of hydrogen-bond acceptors (Lipinski definition) is 6. The van der Waals surface area contributed by atoms with E-state index < -0.39 is 11.7 Å². The second-order valence-electron chi connectivity index (χ2n) is 11.6. The maximum Gasteiger partial charge on any atom is 0.416 e. The third-order valence-corrected chi connectivity index (χ3v) is 8.69. The predicted molar refractivity (Wildman–Crippen MR) is 159 cm³/mol. The largest absolute Gasteiger partial charge is 0.416 e. The molecule has 4 rings (SSSR count). The highest BCUT2D eigenvalue weighted by Gasteiger charge is 2.33. The molecule has 0 aromatic heterocycles. The van der Waals surface area contributed by atoms with E-state index in [-0.39, 0.29) is 12.2 Å². The quantitative estimate of drug-likeness (QED) is 0.321. The molecule has 2 aromatic carbocycles. The number of methoxy groups -OCH3 is 1. The van der Waals surface area contributed by atoms with Gasteiger partial charge in [-0.15, -0.1) is 0 Å². The predicted octanol–water partition coefficient (Wildman–Crippen LogP) is 7.16. The van der Waals surface area contributed by atoms with Crippen molar-refractivity contribution < 1.29 is 23.0 Å². The summed E-state index contributed by atoms with van der Waals surface area (Å²) in [5.41, 5.74) is 0.929. The van der Waals surface area contributed by atoms with E-state index in [2.05, 4.69) is 28.5 Å². The summed E-state index contributed by atoms with van der Waals surface area (Å²) in [5, 5.41) is 8.45. The lowest BCUT2D eigenvalue weighted by atomic mass is 10.1. The number of fused-ring (bicyclic) bond motifs is 2. The van der Waals surface area contributed by atoms with Gasteiger partial charge in [-0.1, -0.05) is 37.7 Å². The van der Waals surface area contributed by atoms with Gasteiger partial charge >= 0.3 is 6.18 Å². The minimum Gasteiger partial charge on any atom is -0.396 e. The van der Waals surface area contributed by atoms with Gasteiger partial charge in [-0.3, -0.25) is 0 Å². The lowest BCUT2D eigenvalue weighted by Crippen LogP contribution is -2.47. The summed E-state index contributed by atoms with van der Waals surface area (Å²) in [6.45, 7) is 15.8. The minimum atomic E-state index is -4.34. The summed E-state index contributed by atoms with van der Waals surface area (Å²) in [4.78, 5) is 9.09. The first-order valence-electron chi connectivity index (χ1n) is 14.3. The number of piperazine rings is 1. The van der Waals surface area contributed by atoms with Crippen LogP contribution in [0.25, 0.3) is 0 Å². The highest BCUT2D eigenvalue weighted by atomic mass is 32.2. The first-order valence-corrected chi connectivity index (χ1v) is 15.1. The number of benzene rings is 2. The number of rotatable bonds is 10. The lowest BCUT2D eigenvalue weighted by molar-refractivity contribution is -0.137. The van der Waals surface area contributed by atoms with Crippen LogP contribution in [0.4, 0.5) is 24.5 Å². The number of ether oxygens (including phenoxy) is 1. The number of nitrogens with zero attached hydrogens (tertiary/aromatic N) is 3. The second kappa shape index (κ2) is 14.9. The fraction of sp³-hybridized carbons (Fsp3) is 0.613. The van der Waals surface area contributed by atoms with E-state index in [1.54, 1.807) is 24.9 Å². The minimum absolute atomic E-state index is 0.158. The van der Waals surface area contributed by atoms with E-state index >= 15 is 0 Å². The highest BCUT2D eigenvalue weighted by molar-refractivity contribution is 7.99. The van der Waals surface area contributed by atoms with Crippen molar-refractivity contribution >= 4 is 23.1 Å². The fourth-order valence-corrected chi connectivity index (χ4v) is 5.82. The van der Waals surface area contributed by atoms with Crippen LogP contribution in [0.15, 0.2) is 52.3 Å². The van der Waals surface area contributed by atoms with Crippen LogP contribution in [-0.2, 0) is 10.9 Å². The monoisotopic (exact) mass is 581 g/mol. The van der Waals surface area contributed by atoms with E-state index in [0.717, 1.165) is 60.5 Å². The molecule has 0 unspecified atom stereocenters. The number of para-hydroxylation sites is 1. The van der Waals surface area contributed by atoms with Crippen molar-refractivity contribution in [3.05, 3.63) is 48.0 Å². The Morgan fingerprint density at radius 1 is 0.900 bits per heavy atom. The maximum absolute atomic E-state index is 13.4. The number of halogens is 3. The number of anilines is 2. The first kappa shape index (κ1) is 32.7. The van der Waals surface area contributed by atoms with Gasteiger partial charge in [0.05, 0.1) is 22.5 Å². The highest BCUT2D eigenvalue weighted by Crippen LogP contribution is 2.49. The molecule has 1 saturated heterocycles. The van der Waals surface area contributed by atoms with Crippen LogP contribution in [0.5, 0.6) is 0 Å². The Morgan fingerprint density at radius 3 is 2.10 bits per heavy atom. The van der Waals surface area contributed by atoms with Gasteiger partial charge in [0.1, 0.15) is 0 Å². The van der Waals surface area contributed by atoms with Crippen LogP contribution in [-0.4, -0.2) is 80.0 Å². The summed E-state index contributed by atoms with van der Waals surface area (Å²) in [7, 11) is 1.65. The molecule has 0 spiro atoms. The van der Waals surface area contributed by atoms with Crippen molar-refractivity contribution in [3.8, 4) is 0 Å². The molecule has 5 nitrogen and oxygen atoms in total. The Hall–Kier alpha value is -1.78. The fourth-order valence-electron chi connectivity index (χ4n) is 4.75. The molecule has 9 heteroatoms. The molecule has 2 heterocycles.